The zero-order chi connectivity index (χ0) is 14.8. The molecule has 1 N–H and O–H groups in total. The van der Waals surface area contributed by atoms with Crippen molar-refractivity contribution in [3.63, 3.8) is 0 Å². The molecule has 0 aromatic carbocycles. The largest absolute Gasteiger partial charge is 0.471 e. The van der Waals surface area contributed by atoms with E-state index in [-0.39, 0.29) is 12.2 Å². The fourth-order valence-corrected chi connectivity index (χ4v) is 0.946. The van der Waals surface area contributed by atoms with Crippen molar-refractivity contribution in [2.75, 3.05) is 0 Å². The summed E-state index contributed by atoms with van der Waals surface area (Å²) < 4.78 is 35.1. The minimum absolute atomic E-state index is 0.269. The summed E-state index contributed by atoms with van der Waals surface area (Å²) in [5.74, 6) is -1.98. The predicted octanol–water partition coefficient (Wildman–Crippen LogP) is 1.13. The Kier molecular flexibility index (Phi) is 6.01. The summed E-state index contributed by atoms with van der Waals surface area (Å²) in [6.45, 7) is -0.286. The van der Waals surface area contributed by atoms with Crippen LogP contribution in [0.15, 0.2) is 43.4 Å². The highest BCUT2D eigenvalue weighted by Crippen LogP contribution is 2.14. The fraction of sp³-hybridized carbons (Fsp3) is 0.182. The molecule has 0 spiro atoms. The van der Waals surface area contributed by atoms with Gasteiger partial charge in [0.25, 0.3) is 0 Å². The maximum atomic E-state index is 11.7. The van der Waals surface area contributed by atoms with Crippen LogP contribution in [0, 0.1) is 0 Å². The quantitative estimate of drug-likeness (QED) is 0.894. The minimum atomic E-state index is -4.86. The third-order valence-electron chi connectivity index (χ3n) is 1.78. The molecular formula is C11H10F3N5O. The third kappa shape index (κ3) is 6.38. The van der Waals surface area contributed by atoms with Crippen molar-refractivity contribution in [1.29, 1.82) is 0 Å². The van der Waals surface area contributed by atoms with Gasteiger partial charge in [0, 0.05) is 37.2 Å². The third-order valence-corrected chi connectivity index (χ3v) is 1.78. The number of carbonyl (C=O) groups excluding carboxylic acids is 1. The highest BCUT2D eigenvalue weighted by atomic mass is 19.4. The van der Waals surface area contributed by atoms with Crippen molar-refractivity contribution < 1.29 is 18.0 Å². The Bertz CT molecular complexity index is 480. The van der Waals surface area contributed by atoms with Crippen molar-refractivity contribution in [2.45, 2.75) is 12.7 Å². The van der Waals surface area contributed by atoms with Gasteiger partial charge in [-0.25, -0.2) is 0 Å². The summed E-state index contributed by atoms with van der Waals surface area (Å²) >= 11 is 0. The van der Waals surface area contributed by atoms with Crippen LogP contribution in [0.5, 0.6) is 0 Å². The second-order valence-electron chi connectivity index (χ2n) is 3.27. The summed E-state index contributed by atoms with van der Waals surface area (Å²) in [6.07, 6.45) is 5.68. The Morgan fingerprint density at radius 3 is 1.95 bits per heavy atom. The number of amides is 1. The lowest BCUT2D eigenvalue weighted by atomic mass is 10.4. The van der Waals surface area contributed by atoms with Crippen LogP contribution < -0.4 is 5.32 Å². The van der Waals surface area contributed by atoms with Crippen LogP contribution in [-0.4, -0.2) is 32.0 Å². The molecule has 2 aromatic rings. The molecule has 1 amide bonds. The van der Waals surface area contributed by atoms with Gasteiger partial charge in [0.2, 0.25) is 0 Å². The molecule has 0 aliphatic rings. The van der Waals surface area contributed by atoms with Gasteiger partial charge in [-0.2, -0.15) is 13.2 Å². The molecule has 0 radical (unpaired) electrons. The van der Waals surface area contributed by atoms with Gasteiger partial charge in [0.15, 0.2) is 0 Å². The van der Waals surface area contributed by atoms with Crippen molar-refractivity contribution in [2.24, 2.45) is 0 Å². The van der Waals surface area contributed by atoms with Crippen molar-refractivity contribution in [1.82, 2.24) is 25.3 Å². The van der Waals surface area contributed by atoms with Crippen LogP contribution in [0.25, 0.3) is 0 Å². The molecule has 0 unspecified atom stereocenters. The van der Waals surface area contributed by atoms with Gasteiger partial charge >= 0.3 is 12.1 Å². The van der Waals surface area contributed by atoms with Gasteiger partial charge < -0.3 is 5.32 Å². The van der Waals surface area contributed by atoms with Gasteiger partial charge in [-0.15, -0.1) is 0 Å². The maximum Gasteiger partial charge on any atom is 0.471 e. The second-order valence-corrected chi connectivity index (χ2v) is 3.27. The molecule has 20 heavy (non-hydrogen) atoms. The average Bonchev–Trinajstić information content (AvgIpc) is 2.47. The topological polar surface area (TPSA) is 80.7 Å². The first-order valence-electron chi connectivity index (χ1n) is 5.30. The van der Waals surface area contributed by atoms with Crippen LogP contribution in [-0.2, 0) is 11.3 Å². The molecule has 0 atom stereocenters. The van der Waals surface area contributed by atoms with E-state index >= 15 is 0 Å². The van der Waals surface area contributed by atoms with Gasteiger partial charge in [-0.3, -0.25) is 24.7 Å². The smallest absolute Gasteiger partial charge is 0.343 e. The van der Waals surface area contributed by atoms with Gasteiger partial charge in [0.05, 0.1) is 18.4 Å². The predicted molar refractivity (Wildman–Crippen MR) is 62.0 cm³/mol. The molecule has 2 rings (SSSR count). The lowest BCUT2D eigenvalue weighted by molar-refractivity contribution is -0.173. The fourth-order valence-electron chi connectivity index (χ4n) is 0.946. The van der Waals surface area contributed by atoms with E-state index in [0.717, 1.165) is 0 Å². The van der Waals surface area contributed by atoms with E-state index in [1.807, 2.05) is 0 Å². The lowest BCUT2D eigenvalue weighted by Gasteiger charge is -2.06. The van der Waals surface area contributed by atoms with Gasteiger partial charge in [0.1, 0.15) is 0 Å². The minimum Gasteiger partial charge on any atom is -0.343 e. The van der Waals surface area contributed by atoms with Crippen LogP contribution in [0.3, 0.4) is 0 Å². The average molecular weight is 285 g/mol. The molecule has 0 saturated heterocycles. The molecule has 0 fully saturated rings. The molecule has 9 heteroatoms. The SMILES string of the molecule is O=C(NCc1cnccn1)C(F)(F)F.c1cnccn1. The number of nitrogens with zero attached hydrogens (tertiary/aromatic N) is 4. The molecule has 0 aliphatic heterocycles. The molecule has 2 aromatic heterocycles. The van der Waals surface area contributed by atoms with E-state index in [0.29, 0.717) is 0 Å². The zero-order valence-electron chi connectivity index (χ0n) is 10.1. The number of carbonyl (C=O) groups is 1. The molecule has 6 nitrogen and oxygen atoms in total. The lowest BCUT2D eigenvalue weighted by Crippen LogP contribution is -2.36. The first-order chi connectivity index (χ1) is 9.50. The number of rotatable bonds is 2. The Balaban J connectivity index is 0.000000276. The van der Waals surface area contributed by atoms with Crippen LogP contribution in [0.2, 0.25) is 0 Å². The number of halogens is 3. The zero-order valence-corrected chi connectivity index (χ0v) is 10.1. The van der Waals surface area contributed by atoms with Crippen molar-refractivity contribution in [3.05, 3.63) is 49.1 Å². The monoisotopic (exact) mass is 285 g/mol. The number of alkyl halides is 3. The van der Waals surface area contributed by atoms with E-state index in [9.17, 15) is 18.0 Å². The molecule has 2 heterocycles. The molecule has 0 bridgehead atoms. The Morgan fingerprint density at radius 1 is 1.00 bits per heavy atom. The molecule has 0 aliphatic carbocycles. The van der Waals surface area contributed by atoms with E-state index in [4.69, 9.17) is 0 Å². The molecule has 106 valence electrons. The Labute approximate surface area is 112 Å². The van der Waals surface area contributed by atoms with E-state index in [2.05, 4.69) is 19.9 Å². The normalized spacial score (nSPS) is 10.2. The first-order valence-corrected chi connectivity index (χ1v) is 5.30. The van der Waals surface area contributed by atoms with Crippen LogP contribution >= 0.6 is 0 Å². The number of aromatic nitrogens is 4. The van der Waals surface area contributed by atoms with Gasteiger partial charge in [-0.05, 0) is 0 Å². The second kappa shape index (κ2) is 7.77. The van der Waals surface area contributed by atoms with Crippen LogP contribution in [0.1, 0.15) is 5.69 Å². The van der Waals surface area contributed by atoms with E-state index < -0.39 is 12.1 Å². The number of nitrogens with one attached hydrogen (secondary N) is 1. The van der Waals surface area contributed by atoms with Crippen molar-refractivity contribution in [3.8, 4) is 0 Å². The first kappa shape index (κ1) is 15.5. The Hall–Kier alpha value is -2.58. The summed E-state index contributed by atoms with van der Waals surface area (Å²) in [5, 5.41) is 1.67. The van der Waals surface area contributed by atoms with Crippen LogP contribution in [0.4, 0.5) is 13.2 Å². The number of hydrogen-bond donors (Lipinski definition) is 1. The highest BCUT2D eigenvalue weighted by molar-refractivity contribution is 5.81. The molecular weight excluding hydrogens is 275 g/mol. The maximum absolute atomic E-state index is 11.7. The van der Waals surface area contributed by atoms with Crippen molar-refractivity contribution >= 4 is 5.91 Å². The van der Waals surface area contributed by atoms with E-state index in [1.54, 1.807) is 30.1 Å². The summed E-state index contributed by atoms with van der Waals surface area (Å²) in [5.41, 5.74) is 0.269. The summed E-state index contributed by atoms with van der Waals surface area (Å²) in [4.78, 5) is 25.1. The summed E-state index contributed by atoms with van der Waals surface area (Å²) in [7, 11) is 0. The molecule has 0 saturated carbocycles. The number of hydrogen-bond acceptors (Lipinski definition) is 5. The highest BCUT2D eigenvalue weighted by Gasteiger charge is 2.38. The van der Waals surface area contributed by atoms with Gasteiger partial charge in [-0.1, -0.05) is 0 Å². The standard InChI is InChI=1S/C7H6F3N3O.C4H4N2/c8-7(9,10)6(14)13-4-5-3-11-1-2-12-5;1-2-6-4-3-5-1/h1-3H,4H2,(H,13,14);1-4H. The Morgan fingerprint density at radius 2 is 1.55 bits per heavy atom. The van der Waals surface area contributed by atoms with E-state index in [1.165, 1.54) is 18.6 Å². The summed E-state index contributed by atoms with van der Waals surface area (Å²) in [6, 6.07) is 0.